The van der Waals surface area contributed by atoms with Gasteiger partial charge in [0, 0.05) is 29.3 Å². The van der Waals surface area contributed by atoms with Crippen LogP contribution in [0, 0.1) is 5.82 Å². The van der Waals surface area contributed by atoms with E-state index in [1.54, 1.807) is 36.4 Å². The average Bonchev–Trinajstić information content (AvgIpc) is 3.09. The average molecular weight is 465 g/mol. The van der Waals surface area contributed by atoms with Crippen LogP contribution in [0.5, 0.6) is 5.75 Å². The van der Waals surface area contributed by atoms with Crippen molar-refractivity contribution in [2.45, 2.75) is 43.6 Å². The Morgan fingerprint density at radius 3 is 2.75 bits per heavy atom. The van der Waals surface area contributed by atoms with Crippen LogP contribution in [0.1, 0.15) is 29.9 Å². The van der Waals surface area contributed by atoms with Crippen LogP contribution < -0.4 is 14.8 Å². The van der Waals surface area contributed by atoms with Gasteiger partial charge in [0.25, 0.3) is 0 Å². The number of benzene rings is 2. The summed E-state index contributed by atoms with van der Waals surface area (Å²) in [6, 6.07) is 11.2. The fourth-order valence-electron chi connectivity index (χ4n) is 4.28. The highest BCUT2D eigenvalue weighted by atomic mass is 32.2. The molecule has 3 N–H and O–H groups in total. The van der Waals surface area contributed by atoms with Crippen molar-refractivity contribution in [2.75, 3.05) is 17.6 Å². The summed E-state index contributed by atoms with van der Waals surface area (Å²) < 4.78 is 51.2. The molecule has 2 aliphatic heterocycles. The first-order chi connectivity index (χ1) is 15.2. The predicted molar refractivity (Wildman–Crippen MR) is 115 cm³/mol. The highest BCUT2D eigenvalue weighted by Gasteiger charge is 2.46. The fourth-order valence-corrected chi connectivity index (χ4v) is 4.84. The molecule has 4 atom stereocenters. The number of sulfonamides is 1. The molecule has 0 saturated carbocycles. The van der Waals surface area contributed by atoms with E-state index >= 15 is 0 Å². The molecule has 4 rings (SSSR count). The second-order valence-electron chi connectivity index (χ2n) is 8.10. The third kappa shape index (κ3) is 5.03. The van der Waals surface area contributed by atoms with E-state index in [1.807, 2.05) is 0 Å². The van der Waals surface area contributed by atoms with Crippen LogP contribution in [0.4, 0.5) is 10.1 Å². The summed E-state index contributed by atoms with van der Waals surface area (Å²) in [5, 5.41) is 12.5. The summed E-state index contributed by atoms with van der Waals surface area (Å²) in [7, 11) is -3.43. The highest BCUT2D eigenvalue weighted by molar-refractivity contribution is 7.92. The maximum Gasteiger partial charge on any atom is 0.229 e. The second-order valence-corrected chi connectivity index (χ2v) is 9.85. The molecule has 1 fully saturated rings. The van der Waals surface area contributed by atoms with Crippen molar-refractivity contribution in [1.29, 1.82) is 0 Å². The van der Waals surface area contributed by atoms with Gasteiger partial charge in [0.2, 0.25) is 15.9 Å². The Balaban J connectivity index is 1.45. The Morgan fingerprint density at radius 1 is 1.25 bits per heavy atom. The minimum Gasteiger partial charge on any atom is -0.487 e. The van der Waals surface area contributed by atoms with E-state index in [0.29, 0.717) is 23.4 Å². The monoisotopic (exact) mass is 464 g/mol. The van der Waals surface area contributed by atoms with Crippen LogP contribution in [0.2, 0.25) is 0 Å². The van der Waals surface area contributed by atoms with E-state index in [9.17, 15) is 22.7 Å². The van der Waals surface area contributed by atoms with E-state index in [-0.39, 0.29) is 37.2 Å². The third-order valence-corrected chi connectivity index (χ3v) is 6.26. The molecule has 0 aliphatic carbocycles. The maximum atomic E-state index is 13.8. The van der Waals surface area contributed by atoms with Gasteiger partial charge in [-0.1, -0.05) is 18.2 Å². The Hall–Kier alpha value is -2.69. The summed E-state index contributed by atoms with van der Waals surface area (Å²) in [5.74, 6) is -0.240. The Morgan fingerprint density at radius 2 is 2.03 bits per heavy atom. The molecule has 2 aliphatic rings. The number of anilines is 1. The van der Waals surface area contributed by atoms with Gasteiger partial charge in [0.1, 0.15) is 23.8 Å². The fraction of sp³-hybridized carbons (Fsp3) is 0.409. The van der Waals surface area contributed by atoms with Gasteiger partial charge in [0.05, 0.1) is 25.4 Å². The number of ether oxygens (including phenoxy) is 2. The van der Waals surface area contributed by atoms with Crippen molar-refractivity contribution < 1.29 is 32.2 Å². The number of aliphatic hydroxyl groups is 1. The minimum atomic E-state index is -3.43. The molecule has 10 heteroatoms. The minimum absolute atomic E-state index is 0.0464. The number of nitrogens with one attached hydrogen (secondary N) is 2. The molecular weight excluding hydrogens is 439 g/mol. The van der Waals surface area contributed by atoms with Gasteiger partial charge in [-0.05, 0) is 30.7 Å². The van der Waals surface area contributed by atoms with Crippen molar-refractivity contribution in [3.05, 3.63) is 59.4 Å². The first-order valence-corrected chi connectivity index (χ1v) is 12.2. The van der Waals surface area contributed by atoms with Crippen LogP contribution in [0.25, 0.3) is 0 Å². The molecule has 0 bridgehead atoms. The molecule has 1 amide bonds. The lowest BCUT2D eigenvalue weighted by Gasteiger charge is -2.37. The summed E-state index contributed by atoms with van der Waals surface area (Å²) in [6.45, 7) is -0.211. The van der Waals surface area contributed by atoms with Gasteiger partial charge in [0.15, 0.2) is 0 Å². The topological polar surface area (TPSA) is 114 Å². The number of amides is 1. The van der Waals surface area contributed by atoms with Crippen molar-refractivity contribution in [3.63, 3.8) is 0 Å². The zero-order valence-corrected chi connectivity index (χ0v) is 18.3. The number of hydrogen-bond donors (Lipinski definition) is 3. The van der Waals surface area contributed by atoms with Crippen LogP contribution >= 0.6 is 0 Å². The number of carbonyl (C=O) groups excluding carboxylic acids is 1. The number of hydrogen-bond acceptors (Lipinski definition) is 6. The third-order valence-electron chi connectivity index (χ3n) is 5.65. The normalized spacial score (nSPS) is 24.2. The molecule has 8 nitrogen and oxygen atoms in total. The molecule has 0 aromatic heterocycles. The molecular formula is C22H25FN2O6S. The number of rotatable bonds is 7. The van der Waals surface area contributed by atoms with Gasteiger partial charge in [-0.2, -0.15) is 0 Å². The Bertz CT molecular complexity index is 1110. The van der Waals surface area contributed by atoms with E-state index < -0.39 is 28.3 Å². The van der Waals surface area contributed by atoms with E-state index in [2.05, 4.69) is 10.0 Å². The molecule has 0 radical (unpaired) electrons. The second kappa shape index (κ2) is 9.05. The molecule has 172 valence electrons. The van der Waals surface area contributed by atoms with Gasteiger partial charge in [-0.3, -0.25) is 9.52 Å². The Labute approximate surface area is 185 Å². The SMILES string of the molecule is CS(=O)(=O)Nc1ccc2c(c1)[C@H]1C[C@H](CC(=O)NCc3ccccc3F)O[C@H](CO)[C@H]1O2. The molecule has 32 heavy (non-hydrogen) atoms. The number of halogens is 1. The lowest BCUT2D eigenvalue weighted by atomic mass is 9.84. The summed E-state index contributed by atoms with van der Waals surface area (Å²) in [6.07, 6.45) is 0.0493. The largest absolute Gasteiger partial charge is 0.487 e. The zero-order chi connectivity index (χ0) is 22.9. The van der Waals surface area contributed by atoms with Crippen LogP contribution in [-0.2, 0) is 26.1 Å². The number of carbonyl (C=O) groups is 1. The number of aliphatic hydroxyl groups excluding tert-OH is 1. The van der Waals surface area contributed by atoms with E-state index in [1.165, 1.54) is 6.07 Å². The molecule has 0 unspecified atom stereocenters. The standard InChI is InChI=1S/C22H25FN2O6S/c1-32(28,29)25-14-6-7-19-16(8-14)17-9-15(30-20(12-26)22(17)31-19)10-21(27)24-11-13-4-2-3-5-18(13)23/h2-8,15,17,20,22,25-26H,9-12H2,1H3,(H,24,27)/t15-,17-,20-,22+/m1/s1. The van der Waals surface area contributed by atoms with Crippen molar-refractivity contribution in [2.24, 2.45) is 0 Å². The van der Waals surface area contributed by atoms with Crippen molar-refractivity contribution >= 4 is 21.6 Å². The lowest BCUT2D eigenvalue weighted by molar-refractivity contribution is -0.142. The Kier molecular flexibility index (Phi) is 6.36. The van der Waals surface area contributed by atoms with Gasteiger partial charge in [-0.15, -0.1) is 0 Å². The predicted octanol–water partition coefficient (Wildman–Crippen LogP) is 1.90. The molecule has 2 heterocycles. The summed E-state index contributed by atoms with van der Waals surface area (Å²) in [4.78, 5) is 12.5. The summed E-state index contributed by atoms with van der Waals surface area (Å²) in [5.41, 5.74) is 1.62. The van der Waals surface area contributed by atoms with Crippen LogP contribution in [0.15, 0.2) is 42.5 Å². The molecule has 2 aromatic rings. The van der Waals surface area contributed by atoms with Gasteiger partial charge in [-0.25, -0.2) is 12.8 Å². The lowest BCUT2D eigenvalue weighted by Crippen LogP contribution is -2.47. The maximum absolute atomic E-state index is 13.8. The molecule has 2 aromatic carbocycles. The zero-order valence-electron chi connectivity index (χ0n) is 17.5. The molecule has 0 spiro atoms. The van der Waals surface area contributed by atoms with Gasteiger partial charge >= 0.3 is 0 Å². The quantitative estimate of drug-likeness (QED) is 0.577. The van der Waals surface area contributed by atoms with Crippen molar-refractivity contribution in [1.82, 2.24) is 5.32 Å². The van der Waals surface area contributed by atoms with Gasteiger partial charge < -0.3 is 19.9 Å². The van der Waals surface area contributed by atoms with Crippen molar-refractivity contribution in [3.8, 4) is 5.75 Å². The first kappa shape index (κ1) is 22.5. The smallest absolute Gasteiger partial charge is 0.229 e. The van der Waals surface area contributed by atoms with Crippen LogP contribution in [0.3, 0.4) is 0 Å². The van der Waals surface area contributed by atoms with Crippen LogP contribution in [-0.4, -0.2) is 50.6 Å². The number of fused-ring (bicyclic) bond motifs is 3. The highest BCUT2D eigenvalue weighted by Crippen LogP contribution is 2.47. The van der Waals surface area contributed by atoms with E-state index in [4.69, 9.17) is 9.47 Å². The van der Waals surface area contributed by atoms with E-state index in [0.717, 1.165) is 11.8 Å². The first-order valence-electron chi connectivity index (χ1n) is 10.3. The summed E-state index contributed by atoms with van der Waals surface area (Å²) >= 11 is 0. The molecule has 1 saturated heterocycles.